The van der Waals surface area contributed by atoms with Gasteiger partial charge in [0.1, 0.15) is 0 Å². The molecule has 2 aromatic rings. The maximum Gasteiger partial charge on any atom is 0.240 e. The summed E-state index contributed by atoms with van der Waals surface area (Å²) in [7, 11) is -3.55. The number of anilines is 2. The summed E-state index contributed by atoms with van der Waals surface area (Å²) in [5, 5.41) is 2.79. The maximum atomic E-state index is 12.7. The lowest BCUT2D eigenvalue weighted by molar-refractivity contribution is -0.122. The van der Waals surface area contributed by atoms with Gasteiger partial charge in [-0.05, 0) is 61.7 Å². The molecule has 160 valence electrons. The third-order valence-corrected chi connectivity index (χ3v) is 6.81. The standard InChI is InChI=1S/C22H27N3O4S/c1-4-12-23-30(28,29)19-10-8-18(9-11-19)24-22(27)17-13-21(26)25(14-17)20-7-5-6-15(2)16(20)3/h5-11,17,23H,4,12-14H2,1-3H3,(H,24,27). The van der Waals surface area contributed by atoms with Gasteiger partial charge in [-0.25, -0.2) is 13.1 Å². The van der Waals surface area contributed by atoms with Gasteiger partial charge in [-0.2, -0.15) is 0 Å². The van der Waals surface area contributed by atoms with Crippen molar-refractivity contribution >= 4 is 33.2 Å². The van der Waals surface area contributed by atoms with Crippen LogP contribution >= 0.6 is 0 Å². The highest BCUT2D eigenvalue weighted by atomic mass is 32.2. The minimum absolute atomic E-state index is 0.0766. The van der Waals surface area contributed by atoms with Gasteiger partial charge in [0.05, 0.1) is 10.8 Å². The number of benzene rings is 2. The molecule has 0 aromatic heterocycles. The second-order valence-corrected chi connectivity index (χ2v) is 9.30. The number of carbonyl (C=O) groups excluding carboxylic acids is 2. The van der Waals surface area contributed by atoms with Crippen LogP contribution in [-0.4, -0.2) is 33.3 Å². The van der Waals surface area contributed by atoms with Crippen LogP contribution in [0.5, 0.6) is 0 Å². The zero-order chi connectivity index (χ0) is 21.9. The number of hydrogen-bond donors (Lipinski definition) is 2. The van der Waals surface area contributed by atoms with E-state index in [0.717, 1.165) is 16.8 Å². The van der Waals surface area contributed by atoms with Crippen molar-refractivity contribution in [1.29, 1.82) is 0 Å². The number of nitrogens with zero attached hydrogens (tertiary/aromatic N) is 1. The van der Waals surface area contributed by atoms with Crippen LogP contribution in [0.3, 0.4) is 0 Å². The monoisotopic (exact) mass is 429 g/mol. The van der Waals surface area contributed by atoms with Crippen LogP contribution in [0, 0.1) is 19.8 Å². The maximum absolute atomic E-state index is 12.7. The van der Waals surface area contributed by atoms with Crippen molar-refractivity contribution in [2.45, 2.75) is 38.5 Å². The Kier molecular flexibility index (Phi) is 6.58. The molecule has 0 bridgehead atoms. The van der Waals surface area contributed by atoms with Gasteiger partial charge in [-0.3, -0.25) is 9.59 Å². The highest BCUT2D eigenvalue weighted by Gasteiger charge is 2.35. The topological polar surface area (TPSA) is 95.6 Å². The summed E-state index contributed by atoms with van der Waals surface area (Å²) in [5.41, 5.74) is 3.45. The SMILES string of the molecule is CCCNS(=O)(=O)c1ccc(NC(=O)C2CC(=O)N(c3cccc(C)c3C)C2)cc1. The molecule has 1 aliphatic rings. The number of aryl methyl sites for hydroxylation is 1. The molecule has 7 nitrogen and oxygen atoms in total. The minimum atomic E-state index is -3.55. The quantitative estimate of drug-likeness (QED) is 0.707. The molecule has 1 unspecified atom stereocenters. The van der Waals surface area contributed by atoms with E-state index in [0.29, 0.717) is 25.2 Å². The molecule has 1 aliphatic heterocycles. The number of rotatable bonds is 7. The molecule has 2 aromatic carbocycles. The fourth-order valence-electron chi connectivity index (χ4n) is 3.43. The summed E-state index contributed by atoms with van der Waals surface area (Å²) < 4.78 is 26.8. The Hall–Kier alpha value is -2.71. The molecule has 30 heavy (non-hydrogen) atoms. The third kappa shape index (κ3) is 4.71. The van der Waals surface area contributed by atoms with E-state index in [1.165, 1.54) is 12.1 Å². The van der Waals surface area contributed by atoms with Crippen LogP contribution in [0.2, 0.25) is 0 Å². The smallest absolute Gasteiger partial charge is 0.240 e. The first-order valence-corrected chi connectivity index (χ1v) is 11.5. The molecule has 2 N–H and O–H groups in total. The van der Waals surface area contributed by atoms with Crippen molar-refractivity contribution in [2.24, 2.45) is 5.92 Å². The van der Waals surface area contributed by atoms with Gasteiger partial charge in [0.25, 0.3) is 0 Å². The minimum Gasteiger partial charge on any atom is -0.326 e. The lowest BCUT2D eigenvalue weighted by Gasteiger charge is -2.20. The van der Waals surface area contributed by atoms with Gasteiger partial charge in [0, 0.05) is 30.9 Å². The van der Waals surface area contributed by atoms with E-state index in [1.54, 1.807) is 17.0 Å². The second-order valence-electron chi connectivity index (χ2n) is 7.54. The van der Waals surface area contributed by atoms with Crippen LogP contribution in [0.25, 0.3) is 0 Å². The Morgan fingerprint density at radius 2 is 1.83 bits per heavy atom. The molecule has 1 heterocycles. The molecule has 0 saturated carbocycles. The Labute approximate surface area is 177 Å². The average Bonchev–Trinajstić information content (AvgIpc) is 3.10. The molecule has 0 aliphatic carbocycles. The Morgan fingerprint density at radius 1 is 1.13 bits per heavy atom. The number of sulfonamides is 1. The van der Waals surface area contributed by atoms with Crippen molar-refractivity contribution < 1.29 is 18.0 Å². The molecule has 1 atom stereocenters. The predicted molar refractivity (Wildman–Crippen MR) is 117 cm³/mol. The zero-order valence-electron chi connectivity index (χ0n) is 17.4. The highest BCUT2D eigenvalue weighted by Crippen LogP contribution is 2.30. The van der Waals surface area contributed by atoms with Gasteiger partial charge in [0.15, 0.2) is 0 Å². The lowest BCUT2D eigenvalue weighted by Crippen LogP contribution is -2.28. The van der Waals surface area contributed by atoms with Crippen molar-refractivity contribution in [3.05, 3.63) is 53.6 Å². The number of carbonyl (C=O) groups is 2. The van der Waals surface area contributed by atoms with Gasteiger partial charge in [-0.15, -0.1) is 0 Å². The number of nitrogens with one attached hydrogen (secondary N) is 2. The summed E-state index contributed by atoms with van der Waals surface area (Å²) in [6.45, 7) is 6.54. The van der Waals surface area contributed by atoms with Gasteiger partial charge in [0.2, 0.25) is 21.8 Å². The van der Waals surface area contributed by atoms with Crippen molar-refractivity contribution in [1.82, 2.24) is 4.72 Å². The van der Waals surface area contributed by atoms with Crippen LogP contribution < -0.4 is 14.9 Å². The zero-order valence-corrected chi connectivity index (χ0v) is 18.3. The first-order chi connectivity index (χ1) is 14.2. The van der Waals surface area contributed by atoms with Crippen LogP contribution in [0.1, 0.15) is 30.9 Å². The fraction of sp³-hybridized carbons (Fsp3) is 0.364. The van der Waals surface area contributed by atoms with Crippen molar-refractivity contribution in [2.75, 3.05) is 23.3 Å². The summed E-state index contributed by atoms with van der Waals surface area (Å²) in [6.07, 6.45) is 0.846. The molecule has 0 spiro atoms. The van der Waals surface area contributed by atoms with Crippen molar-refractivity contribution in [3.8, 4) is 0 Å². The largest absolute Gasteiger partial charge is 0.326 e. The Morgan fingerprint density at radius 3 is 2.50 bits per heavy atom. The van der Waals surface area contributed by atoms with Gasteiger partial charge < -0.3 is 10.2 Å². The molecular formula is C22H27N3O4S. The first kappa shape index (κ1) is 22.0. The average molecular weight is 430 g/mol. The normalized spacial score (nSPS) is 16.7. The summed E-state index contributed by atoms with van der Waals surface area (Å²) in [4.78, 5) is 27.0. The van der Waals surface area contributed by atoms with Crippen LogP contribution in [0.4, 0.5) is 11.4 Å². The van der Waals surface area contributed by atoms with Crippen LogP contribution in [-0.2, 0) is 19.6 Å². The van der Waals surface area contributed by atoms with E-state index in [9.17, 15) is 18.0 Å². The van der Waals surface area contributed by atoms with Crippen LogP contribution in [0.15, 0.2) is 47.4 Å². The number of hydrogen-bond acceptors (Lipinski definition) is 4. The molecule has 0 radical (unpaired) electrons. The predicted octanol–water partition coefficient (Wildman–Crippen LogP) is 2.98. The second kappa shape index (κ2) is 8.97. The summed E-state index contributed by atoms with van der Waals surface area (Å²) >= 11 is 0. The van der Waals surface area contributed by atoms with E-state index in [4.69, 9.17) is 0 Å². The summed E-state index contributed by atoms with van der Waals surface area (Å²) in [5.74, 6) is -0.796. The molecule has 1 fully saturated rings. The molecule has 3 rings (SSSR count). The number of amides is 2. The van der Waals surface area contributed by atoms with E-state index in [2.05, 4.69) is 10.0 Å². The lowest BCUT2D eigenvalue weighted by atomic mass is 10.1. The molecule has 8 heteroatoms. The van der Waals surface area contributed by atoms with Crippen molar-refractivity contribution in [3.63, 3.8) is 0 Å². The van der Waals surface area contributed by atoms with E-state index < -0.39 is 15.9 Å². The molecule has 2 amide bonds. The van der Waals surface area contributed by atoms with Gasteiger partial charge >= 0.3 is 0 Å². The Bertz CT molecular complexity index is 1050. The first-order valence-electron chi connectivity index (χ1n) is 10.00. The summed E-state index contributed by atoms with van der Waals surface area (Å²) in [6, 6.07) is 11.8. The Balaban J connectivity index is 1.67. The third-order valence-electron chi connectivity index (χ3n) is 5.34. The van der Waals surface area contributed by atoms with E-state index in [1.807, 2.05) is 39.0 Å². The molecular weight excluding hydrogens is 402 g/mol. The van der Waals surface area contributed by atoms with Gasteiger partial charge in [-0.1, -0.05) is 19.1 Å². The fourth-order valence-corrected chi connectivity index (χ4v) is 4.56. The van der Waals surface area contributed by atoms with E-state index in [-0.39, 0.29) is 23.1 Å². The molecule has 1 saturated heterocycles. The highest BCUT2D eigenvalue weighted by molar-refractivity contribution is 7.89. The van der Waals surface area contributed by atoms with E-state index >= 15 is 0 Å².